The minimum absolute atomic E-state index is 0.00106. The number of nitrogens with zero attached hydrogens (tertiary/aromatic N) is 1. The van der Waals surface area contributed by atoms with Gasteiger partial charge in [-0.15, -0.1) is 6.58 Å². The summed E-state index contributed by atoms with van der Waals surface area (Å²) < 4.78 is 101. The van der Waals surface area contributed by atoms with Gasteiger partial charge in [-0.25, -0.2) is 9.18 Å². The molecule has 0 radical (unpaired) electrons. The maximum Gasteiger partial charge on any atom is 0.416 e. The normalized spacial score (nSPS) is 18.8. The van der Waals surface area contributed by atoms with Gasteiger partial charge >= 0.3 is 18.4 Å². The lowest BCUT2D eigenvalue weighted by Gasteiger charge is -2.42. The third kappa shape index (κ3) is 8.02. The first-order chi connectivity index (χ1) is 19.3. The fourth-order valence-corrected chi connectivity index (χ4v) is 4.74. The second-order valence-electron chi connectivity index (χ2n) is 11.0. The average molecular weight is 604 g/mol. The monoisotopic (exact) mass is 603 g/mol. The summed E-state index contributed by atoms with van der Waals surface area (Å²) in [6, 6.07) is 1.28. The van der Waals surface area contributed by atoms with E-state index in [0.29, 0.717) is 23.3 Å². The first-order valence-electron chi connectivity index (χ1n) is 13.0. The zero-order valence-corrected chi connectivity index (χ0v) is 23.4. The number of rotatable bonds is 6. The van der Waals surface area contributed by atoms with E-state index in [2.05, 4.69) is 17.2 Å². The molecule has 3 unspecified atom stereocenters. The Kier molecular flexibility index (Phi) is 9.65. The van der Waals surface area contributed by atoms with Gasteiger partial charge in [-0.1, -0.05) is 12.1 Å². The van der Waals surface area contributed by atoms with Crippen molar-refractivity contribution in [2.24, 2.45) is 0 Å². The van der Waals surface area contributed by atoms with Gasteiger partial charge in [-0.3, -0.25) is 9.69 Å². The molecule has 0 saturated carbocycles. The summed E-state index contributed by atoms with van der Waals surface area (Å²) in [5, 5.41) is 5.66. The highest BCUT2D eigenvalue weighted by Gasteiger charge is 2.43. The van der Waals surface area contributed by atoms with Gasteiger partial charge in [0.25, 0.3) is 0 Å². The Balaban J connectivity index is 2.09. The van der Waals surface area contributed by atoms with Gasteiger partial charge in [-0.2, -0.15) is 26.3 Å². The number of hydrogen-bond acceptors (Lipinski definition) is 4. The van der Waals surface area contributed by atoms with Crippen LogP contribution < -0.4 is 10.6 Å². The first kappa shape index (κ1) is 32.9. The van der Waals surface area contributed by atoms with Gasteiger partial charge in [0.2, 0.25) is 5.91 Å². The first-order valence-corrected chi connectivity index (χ1v) is 13.0. The van der Waals surface area contributed by atoms with E-state index < -0.39 is 70.6 Å². The minimum Gasteiger partial charge on any atom is -0.444 e. The van der Waals surface area contributed by atoms with Gasteiger partial charge in [0.05, 0.1) is 23.2 Å². The Labute approximate surface area is 238 Å². The molecular formula is C29H32F7N3O3. The molecular weight excluding hydrogens is 571 g/mol. The number of nitrogens with one attached hydrogen (secondary N) is 2. The van der Waals surface area contributed by atoms with Crippen LogP contribution >= 0.6 is 0 Å². The van der Waals surface area contributed by atoms with Crippen molar-refractivity contribution in [1.29, 1.82) is 0 Å². The number of halogens is 7. The average Bonchev–Trinajstić information content (AvgIpc) is 2.85. The summed E-state index contributed by atoms with van der Waals surface area (Å²) in [4.78, 5) is 28.3. The second-order valence-corrected chi connectivity index (χ2v) is 11.0. The molecule has 2 aromatic rings. The molecule has 1 fully saturated rings. The Bertz CT molecular complexity index is 1290. The molecule has 0 bridgehead atoms. The number of carbonyl (C=O) groups is 2. The zero-order chi connectivity index (χ0) is 31.6. The van der Waals surface area contributed by atoms with Crippen molar-refractivity contribution < 1.29 is 45.1 Å². The third-order valence-corrected chi connectivity index (χ3v) is 6.56. The summed E-state index contributed by atoms with van der Waals surface area (Å²) in [6.45, 7) is 10.2. The van der Waals surface area contributed by atoms with E-state index in [9.17, 15) is 40.3 Å². The molecule has 0 aliphatic carbocycles. The molecule has 2 aromatic carbocycles. The van der Waals surface area contributed by atoms with Crippen LogP contribution in [0.5, 0.6) is 0 Å². The Hall–Kier alpha value is -3.61. The van der Waals surface area contributed by atoms with E-state index in [0.717, 1.165) is 4.90 Å². The minimum atomic E-state index is -5.09. The lowest BCUT2D eigenvalue weighted by atomic mass is 9.91. The summed E-state index contributed by atoms with van der Waals surface area (Å²) in [7, 11) is 0. The highest BCUT2D eigenvalue weighted by molar-refractivity contribution is 5.87. The van der Waals surface area contributed by atoms with Gasteiger partial charge in [-0.05, 0) is 81.1 Å². The van der Waals surface area contributed by atoms with Crippen molar-refractivity contribution in [2.75, 3.05) is 13.1 Å². The molecule has 1 saturated heterocycles. The van der Waals surface area contributed by atoms with Crippen molar-refractivity contribution in [1.82, 2.24) is 15.5 Å². The number of carbonyl (C=O) groups excluding carboxylic acids is 2. The molecule has 1 heterocycles. The molecule has 1 aliphatic rings. The predicted molar refractivity (Wildman–Crippen MR) is 141 cm³/mol. The van der Waals surface area contributed by atoms with Crippen molar-refractivity contribution in [3.63, 3.8) is 0 Å². The second kappa shape index (κ2) is 12.3. The van der Waals surface area contributed by atoms with Crippen LogP contribution in [0.25, 0.3) is 0 Å². The molecule has 6 nitrogen and oxygen atoms in total. The molecule has 2 amide bonds. The van der Waals surface area contributed by atoms with Crippen molar-refractivity contribution in [2.45, 2.75) is 70.2 Å². The number of aryl methyl sites for hydroxylation is 1. The van der Waals surface area contributed by atoms with E-state index in [-0.39, 0.29) is 25.6 Å². The fourth-order valence-electron chi connectivity index (χ4n) is 4.74. The molecule has 42 heavy (non-hydrogen) atoms. The number of piperazine rings is 1. The molecule has 1 aliphatic heterocycles. The maximum atomic E-state index is 13.9. The van der Waals surface area contributed by atoms with Crippen LogP contribution in [-0.2, 0) is 21.9 Å². The zero-order valence-electron chi connectivity index (χ0n) is 23.4. The van der Waals surface area contributed by atoms with Gasteiger partial charge in [0.1, 0.15) is 17.5 Å². The van der Waals surface area contributed by atoms with Crippen molar-refractivity contribution >= 4 is 12.0 Å². The number of alkyl halides is 6. The lowest BCUT2D eigenvalue weighted by molar-refractivity contribution is -0.143. The number of ether oxygens (including phenoxy) is 1. The largest absolute Gasteiger partial charge is 0.444 e. The SMILES string of the molecule is C=CCC(NC(=O)C1C(c2ccc(F)cc2C)NCCN1C(=O)OC(C)(C)C)c1cc(C(F)(F)F)cc(C(F)(F)F)c1. The third-order valence-electron chi connectivity index (χ3n) is 6.56. The van der Waals surface area contributed by atoms with Crippen LogP contribution in [0.1, 0.15) is 67.1 Å². The van der Waals surface area contributed by atoms with Crippen LogP contribution in [0.3, 0.4) is 0 Å². The molecule has 2 N–H and O–H groups in total. The van der Waals surface area contributed by atoms with Gasteiger partial charge in [0.15, 0.2) is 0 Å². The van der Waals surface area contributed by atoms with Gasteiger partial charge < -0.3 is 15.4 Å². The van der Waals surface area contributed by atoms with Crippen LogP contribution in [0.15, 0.2) is 49.1 Å². The summed E-state index contributed by atoms with van der Waals surface area (Å²) in [5.74, 6) is -1.41. The van der Waals surface area contributed by atoms with Crippen molar-refractivity contribution in [3.05, 3.63) is 82.7 Å². The molecule has 0 spiro atoms. The Morgan fingerprint density at radius 3 is 2.17 bits per heavy atom. The van der Waals surface area contributed by atoms with E-state index in [4.69, 9.17) is 4.74 Å². The Morgan fingerprint density at radius 1 is 1.07 bits per heavy atom. The maximum absolute atomic E-state index is 13.9. The fraction of sp³-hybridized carbons (Fsp3) is 0.448. The number of benzene rings is 2. The quantitative estimate of drug-likeness (QED) is 0.280. The highest BCUT2D eigenvalue weighted by Crippen LogP contribution is 2.38. The number of amides is 2. The summed E-state index contributed by atoms with van der Waals surface area (Å²) >= 11 is 0. The molecule has 3 rings (SSSR count). The standard InChI is InChI=1S/C29H32F7N3O3/c1-6-7-22(17-13-18(28(31,32)33)15-19(14-17)29(34,35)36)38-25(40)24-23(21-9-8-20(30)12-16(21)2)37-10-11-39(24)26(41)42-27(3,4)5/h6,8-9,12-15,22-24,37H,1,7,10-11H2,2-5H3,(H,38,40). The molecule has 3 atom stereocenters. The van der Waals surface area contributed by atoms with E-state index in [1.54, 1.807) is 27.7 Å². The van der Waals surface area contributed by atoms with E-state index in [1.807, 2.05) is 0 Å². The molecule has 230 valence electrons. The van der Waals surface area contributed by atoms with Crippen LogP contribution in [0.2, 0.25) is 0 Å². The predicted octanol–water partition coefficient (Wildman–Crippen LogP) is 6.86. The highest BCUT2D eigenvalue weighted by atomic mass is 19.4. The molecule has 0 aromatic heterocycles. The lowest BCUT2D eigenvalue weighted by Crippen LogP contribution is -2.61. The van der Waals surface area contributed by atoms with E-state index in [1.165, 1.54) is 24.3 Å². The number of hydrogen-bond donors (Lipinski definition) is 2. The van der Waals surface area contributed by atoms with E-state index >= 15 is 0 Å². The topological polar surface area (TPSA) is 70.7 Å². The van der Waals surface area contributed by atoms with Gasteiger partial charge in [0, 0.05) is 13.1 Å². The van der Waals surface area contributed by atoms with Crippen LogP contribution in [0, 0.1) is 12.7 Å². The van der Waals surface area contributed by atoms with Crippen LogP contribution in [0.4, 0.5) is 35.5 Å². The summed E-state index contributed by atoms with van der Waals surface area (Å²) in [6.07, 6.45) is -10.0. The van der Waals surface area contributed by atoms with Crippen LogP contribution in [-0.4, -0.2) is 41.6 Å². The smallest absolute Gasteiger partial charge is 0.416 e. The van der Waals surface area contributed by atoms with Crippen molar-refractivity contribution in [3.8, 4) is 0 Å². The Morgan fingerprint density at radius 2 is 1.67 bits per heavy atom. The molecule has 13 heteroatoms. The summed E-state index contributed by atoms with van der Waals surface area (Å²) in [5.41, 5.74) is -3.56.